The Morgan fingerprint density at radius 1 is 1.20 bits per heavy atom. The Morgan fingerprint density at radius 3 is 2.67 bits per heavy atom. The van der Waals surface area contributed by atoms with Crippen molar-refractivity contribution in [3.05, 3.63) is 41.5 Å². The van der Waals surface area contributed by atoms with Crippen molar-refractivity contribution in [2.45, 2.75) is 59.0 Å². The van der Waals surface area contributed by atoms with E-state index in [0.29, 0.717) is 13.1 Å². The number of aryl methyl sites for hydroxylation is 1. The van der Waals surface area contributed by atoms with Crippen LogP contribution in [0.2, 0.25) is 0 Å². The van der Waals surface area contributed by atoms with Gasteiger partial charge >= 0.3 is 0 Å². The molecule has 1 aromatic carbocycles. The van der Waals surface area contributed by atoms with Crippen molar-refractivity contribution in [2.24, 2.45) is 23.9 Å². The second-order valence-corrected chi connectivity index (χ2v) is 8.44. The van der Waals surface area contributed by atoms with E-state index in [2.05, 4.69) is 39.9 Å². The van der Waals surface area contributed by atoms with Gasteiger partial charge < -0.3 is 19.9 Å². The lowest BCUT2D eigenvalue weighted by molar-refractivity contribution is 0.270. The molecule has 1 aromatic heterocycles. The number of rotatable bonds is 8. The molecule has 2 N–H and O–H groups in total. The molecule has 7 heteroatoms. The van der Waals surface area contributed by atoms with Crippen LogP contribution in [0.5, 0.6) is 5.75 Å². The highest BCUT2D eigenvalue weighted by molar-refractivity contribution is 5.79. The minimum absolute atomic E-state index is 0.590. The highest BCUT2D eigenvalue weighted by Gasteiger charge is 2.18. The number of aliphatic imine (C=N–C) groups is 1. The summed E-state index contributed by atoms with van der Waals surface area (Å²) in [6.07, 6.45) is 6.66. The zero-order chi connectivity index (χ0) is 21.3. The van der Waals surface area contributed by atoms with E-state index in [1.165, 1.54) is 32.1 Å². The fraction of sp³-hybridized carbons (Fsp3) is 0.609. The van der Waals surface area contributed by atoms with Crippen LogP contribution in [0.4, 0.5) is 0 Å². The van der Waals surface area contributed by atoms with Crippen molar-refractivity contribution in [3.8, 4) is 5.75 Å². The minimum atomic E-state index is 0.590. The van der Waals surface area contributed by atoms with E-state index in [9.17, 15) is 0 Å². The molecule has 7 nitrogen and oxygen atoms in total. The van der Waals surface area contributed by atoms with E-state index < -0.39 is 0 Å². The Balaban J connectivity index is 1.58. The number of hydrogen-bond acceptors (Lipinski definition) is 4. The van der Waals surface area contributed by atoms with Crippen LogP contribution >= 0.6 is 0 Å². The molecule has 2 atom stereocenters. The lowest BCUT2D eigenvalue weighted by atomic mass is 9.81. The average Bonchev–Trinajstić information content (AvgIpc) is 3.08. The van der Waals surface area contributed by atoms with Crippen molar-refractivity contribution in [2.75, 3.05) is 13.7 Å². The minimum Gasteiger partial charge on any atom is -0.497 e. The molecule has 30 heavy (non-hydrogen) atoms. The van der Waals surface area contributed by atoms with Crippen LogP contribution in [0, 0.1) is 18.8 Å². The largest absolute Gasteiger partial charge is 0.497 e. The second-order valence-electron chi connectivity index (χ2n) is 8.44. The number of benzene rings is 1. The molecule has 1 aliphatic rings. The summed E-state index contributed by atoms with van der Waals surface area (Å²) in [7, 11) is 3.67. The summed E-state index contributed by atoms with van der Waals surface area (Å²) in [5.41, 5.74) is 1.15. The number of aromatic nitrogens is 3. The van der Waals surface area contributed by atoms with Crippen molar-refractivity contribution < 1.29 is 4.74 Å². The zero-order valence-corrected chi connectivity index (χ0v) is 18.8. The summed E-state index contributed by atoms with van der Waals surface area (Å²) in [6.45, 7) is 6.47. The van der Waals surface area contributed by atoms with Gasteiger partial charge in [-0.2, -0.15) is 0 Å². The Labute approximate surface area is 180 Å². The number of guanidine groups is 1. The summed E-state index contributed by atoms with van der Waals surface area (Å²) in [5, 5.41) is 15.3. The van der Waals surface area contributed by atoms with Gasteiger partial charge in [0.1, 0.15) is 11.6 Å². The SMILES string of the molecule is COc1ccc(CN=C(NCCC2CCCC(C)C2)NCc2nnc(C)n2C)cc1. The molecule has 164 valence electrons. The first-order valence-electron chi connectivity index (χ1n) is 11.0. The van der Waals surface area contributed by atoms with E-state index in [4.69, 9.17) is 9.73 Å². The highest BCUT2D eigenvalue weighted by atomic mass is 16.5. The Bertz CT molecular complexity index is 814. The van der Waals surface area contributed by atoms with Crippen molar-refractivity contribution in [3.63, 3.8) is 0 Å². The van der Waals surface area contributed by atoms with Crippen LogP contribution in [0.15, 0.2) is 29.3 Å². The molecule has 1 saturated carbocycles. The normalized spacial score (nSPS) is 19.5. The summed E-state index contributed by atoms with van der Waals surface area (Å²) in [4.78, 5) is 4.79. The zero-order valence-electron chi connectivity index (χ0n) is 18.8. The van der Waals surface area contributed by atoms with Crippen molar-refractivity contribution >= 4 is 5.96 Å². The number of methoxy groups -OCH3 is 1. The average molecular weight is 413 g/mol. The maximum atomic E-state index is 5.24. The topological polar surface area (TPSA) is 76.4 Å². The van der Waals surface area contributed by atoms with Crippen LogP contribution < -0.4 is 15.4 Å². The van der Waals surface area contributed by atoms with E-state index in [1.54, 1.807) is 7.11 Å². The van der Waals surface area contributed by atoms with E-state index >= 15 is 0 Å². The Kier molecular flexibility index (Phi) is 8.11. The van der Waals surface area contributed by atoms with Gasteiger partial charge in [-0.3, -0.25) is 0 Å². The standard InChI is InChI=1S/C23H36N6O/c1-17-6-5-7-19(14-17)12-13-24-23(26-16-22-28-27-18(2)29(22)3)25-15-20-8-10-21(30-4)11-9-20/h8-11,17,19H,5-7,12-16H2,1-4H3,(H2,24,25,26). The molecule has 0 amide bonds. The maximum absolute atomic E-state index is 5.24. The first-order chi connectivity index (χ1) is 14.5. The first-order valence-corrected chi connectivity index (χ1v) is 11.0. The van der Waals surface area contributed by atoms with Gasteiger partial charge in [0, 0.05) is 13.6 Å². The molecule has 0 spiro atoms. The highest BCUT2D eigenvalue weighted by Crippen LogP contribution is 2.30. The van der Waals surface area contributed by atoms with Crippen molar-refractivity contribution in [1.29, 1.82) is 0 Å². The lowest BCUT2D eigenvalue weighted by Gasteiger charge is -2.26. The molecular weight excluding hydrogens is 376 g/mol. The fourth-order valence-electron chi connectivity index (χ4n) is 4.06. The van der Waals surface area contributed by atoms with E-state index in [1.807, 2.05) is 30.7 Å². The Morgan fingerprint density at radius 2 is 2.00 bits per heavy atom. The van der Waals surface area contributed by atoms with Crippen LogP contribution in [0.3, 0.4) is 0 Å². The molecule has 1 heterocycles. The van der Waals surface area contributed by atoms with Crippen molar-refractivity contribution in [1.82, 2.24) is 25.4 Å². The molecule has 2 aromatic rings. The molecule has 0 saturated heterocycles. The van der Waals surface area contributed by atoms with Crippen LogP contribution in [0.1, 0.15) is 56.2 Å². The van der Waals surface area contributed by atoms with Crippen LogP contribution in [-0.4, -0.2) is 34.4 Å². The van der Waals surface area contributed by atoms with Gasteiger partial charge in [-0.25, -0.2) is 4.99 Å². The lowest BCUT2D eigenvalue weighted by Crippen LogP contribution is -2.38. The van der Waals surface area contributed by atoms with Gasteiger partial charge in [0.25, 0.3) is 0 Å². The molecule has 1 aliphatic carbocycles. The van der Waals surface area contributed by atoms with E-state index in [-0.39, 0.29) is 0 Å². The van der Waals surface area contributed by atoms with Crippen LogP contribution in [-0.2, 0) is 20.1 Å². The molecule has 2 unspecified atom stereocenters. The van der Waals surface area contributed by atoms with Gasteiger partial charge in [0.2, 0.25) is 0 Å². The number of hydrogen-bond donors (Lipinski definition) is 2. The number of nitrogens with zero attached hydrogens (tertiary/aromatic N) is 4. The molecule has 0 aliphatic heterocycles. The van der Waals surface area contributed by atoms with Gasteiger partial charge in [-0.05, 0) is 49.3 Å². The fourth-order valence-corrected chi connectivity index (χ4v) is 4.06. The molecule has 3 rings (SSSR count). The monoisotopic (exact) mass is 412 g/mol. The van der Waals surface area contributed by atoms with E-state index in [0.717, 1.165) is 47.3 Å². The molecular formula is C23H36N6O. The quantitative estimate of drug-likeness (QED) is 0.512. The predicted octanol–water partition coefficient (Wildman–Crippen LogP) is 3.58. The smallest absolute Gasteiger partial charge is 0.191 e. The van der Waals surface area contributed by atoms with Crippen LogP contribution in [0.25, 0.3) is 0 Å². The van der Waals surface area contributed by atoms with Gasteiger partial charge in [0.15, 0.2) is 11.8 Å². The third-order valence-corrected chi connectivity index (χ3v) is 6.07. The van der Waals surface area contributed by atoms with Gasteiger partial charge in [-0.15, -0.1) is 10.2 Å². The third-order valence-electron chi connectivity index (χ3n) is 6.07. The predicted molar refractivity (Wildman–Crippen MR) is 120 cm³/mol. The summed E-state index contributed by atoms with van der Waals surface area (Å²) in [5.74, 6) is 5.17. The maximum Gasteiger partial charge on any atom is 0.191 e. The summed E-state index contributed by atoms with van der Waals surface area (Å²) in [6, 6.07) is 8.04. The van der Waals surface area contributed by atoms with Gasteiger partial charge in [-0.1, -0.05) is 38.3 Å². The number of nitrogens with one attached hydrogen (secondary N) is 2. The third kappa shape index (κ3) is 6.47. The Hall–Kier alpha value is -2.57. The number of ether oxygens (including phenoxy) is 1. The molecule has 0 radical (unpaired) electrons. The molecule has 0 bridgehead atoms. The first kappa shape index (κ1) is 22.1. The second kappa shape index (κ2) is 11.0. The molecule has 1 fully saturated rings. The summed E-state index contributed by atoms with van der Waals surface area (Å²) < 4.78 is 7.24. The summed E-state index contributed by atoms with van der Waals surface area (Å²) >= 11 is 0. The van der Waals surface area contributed by atoms with Gasteiger partial charge in [0.05, 0.1) is 20.2 Å².